The van der Waals surface area contributed by atoms with Crippen LogP contribution in [0.3, 0.4) is 0 Å². The Balaban J connectivity index is 1.76. The third-order valence-corrected chi connectivity index (χ3v) is 3.74. The van der Waals surface area contributed by atoms with E-state index in [-0.39, 0.29) is 11.9 Å². The number of Topliss-reactive ketones (excluding diaryl/α,β-unsaturated/α-hetero) is 1. The fourth-order valence-electron chi connectivity index (χ4n) is 2.76. The van der Waals surface area contributed by atoms with E-state index in [2.05, 4.69) is 0 Å². The van der Waals surface area contributed by atoms with Crippen molar-refractivity contribution >= 4 is 5.78 Å². The van der Waals surface area contributed by atoms with Gasteiger partial charge in [0.15, 0.2) is 5.78 Å². The third-order valence-electron chi connectivity index (χ3n) is 3.74. The summed E-state index contributed by atoms with van der Waals surface area (Å²) in [5.41, 5.74) is 1.54. The van der Waals surface area contributed by atoms with Gasteiger partial charge in [0.2, 0.25) is 0 Å². The Morgan fingerprint density at radius 1 is 0.952 bits per heavy atom. The number of rotatable bonds is 1. The van der Waals surface area contributed by atoms with E-state index in [1.807, 2.05) is 30.3 Å². The Hall–Kier alpha value is -2.49. The number of ether oxygens (including phenoxy) is 3. The largest absolute Gasteiger partial charge is 0.490 e. The quantitative estimate of drug-likeness (QED) is 0.806. The summed E-state index contributed by atoms with van der Waals surface area (Å²) in [6.07, 6.45) is 0.0724. The molecular weight excluding hydrogens is 268 g/mol. The molecule has 2 bridgehead atoms. The van der Waals surface area contributed by atoms with Crippen molar-refractivity contribution in [2.75, 3.05) is 13.2 Å². The van der Waals surface area contributed by atoms with Crippen molar-refractivity contribution in [2.45, 2.75) is 12.5 Å². The fraction of sp³-hybridized carbons (Fsp3) is 0.235. The van der Waals surface area contributed by atoms with Crippen LogP contribution >= 0.6 is 0 Å². The molecule has 0 N–H and O–H groups in total. The molecule has 2 heterocycles. The van der Waals surface area contributed by atoms with Gasteiger partial charge >= 0.3 is 0 Å². The first kappa shape index (κ1) is 12.3. The van der Waals surface area contributed by atoms with Crippen molar-refractivity contribution in [2.24, 2.45) is 0 Å². The van der Waals surface area contributed by atoms with E-state index in [4.69, 9.17) is 14.2 Å². The fourth-order valence-corrected chi connectivity index (χ4v) is 2.76. The van der Waals surface area contributed by atoms with Crippen LogP contribution in [0.2, 0.25) is 0 Å². The number of benzene rings is 2. The zero-order valence-electron chi connectivity index (χ0n) is 11.4. The Labute approximate surface area is 122 Å². The molecule has 21 heavy (non-hydrogen) atoms. The molecule has 0 radical (unpaired) electrons. The summed E-state index contributed by atoms with van der Waals surface area (Å²) in [6.45, 7) is 0.915. The molecule has 0 amide bonds. The van der Waals surface area contributed by atoms with E-state index in [0.717, 1.165) is 5.56 Å². The van der Waals surface area contributed by atoms with Crippen LogP contribution in [0.5, 0.6) is 17.2 Å². The average Bonchev–Trinajstić information content (AvgIpc) is 2.69. The predicted octanol–water partition coefficient (Wildman–Crippen LogP) is 3.16. The molecule has 0 saturated carbocycles. The van der Waals surface area contributed by atoms with Gasteiger partial charge in [-0.3, -0.25) is 4.79 Å². The van der Waals surface area contributed by atoms with Gasteiger partial charge in [0, 0.05) is 12.1 Å². The summed E-state index contributed by atoms with van der Waals surface area (Å²) in [4.78, 5) is 12.5. The van der Waals surface area contributed by atoms with Crippen LogP contribution in [0.4, 0.5) is 0 Å². The number of fused-ring (bicyclic) bond motifs is 4. The summed E-state index contributed by atoms with van der Waals surface area (Å²) in [7, 11) is 0. The topological polar surface area (TPSA) is 44.8 Å². The number of ketones is 1. The molecule has 2 aliphatic rings. The van der Waals surface area contributed by atoms with E-state index in [9.17, 15) is 4.79 Å². The maximum Gasteiger partial charge on any atom is 0.174 e. The van der Waals surface area contributed by atoms with Crippen molar-refractivity contribution in [3.05, 3.63) is 53.6 Å². The zero-order chi connectivity index (χ0) is 14.2. The minimum Gasteiger partial charge on any atom is -0.490 e. The highest BCUT2D eigenvalue weighted by Crippen LogP contribution is 2.42. The van der Waals surface area contributed by atoms with Crippen LogP contribution in [0, 0.1) is 0 Å². The van der Waals surface area contributed by atoms with Gasteiger partial charge in [-0.2, -0.15) is 0 Å². The molecule has 0 spiro atoms. The van der Waals surface area contributed by atoms with Crippen molar-refractivity contribution in [3.8, 4) is 17.2 Å². The standard InChI is InChI=1S/C17H14O4/c18-13-10-14(11-4-2-1-3-5-11)21-16-9-12-8-15(17(13)16)20-7-6-19-12/h1-5,8-9,14H,6-7,10H2. The molecule has 106 valence electrons. The highest BCUT2D eigenvalue weighted by atomic mass is 16.5. The van der Waals surface area contributed by atoms with E-state index >= 15 is 0 Å². The van der Waals surface area contributed by atoms with Gasteiger partial charge < -0.3 is 14.2 Å². The van der Waals surface area contributed by atoms with E-state index in [0.29, 0.717) is 42.4 Å². The van der Waals surface area contributed by atoms with Crippen LogP contribution in [0.1, 0.15) is 28.4 Å². The zero-order valence-corrected chi connectivity index (χ0v) is 11.4. The molecule has 1 unspecified atom stereocenters. The van der Waals surface area contributed by atoms with Crippen LogP contribution in [-0.2, 0) is 0 Å². The summed E-state index contributed by atoms with van der Waals surface area (Å²) < 4.78 is 17.1. The van der Waals surface area contributed by atoms with Gasteiger partial charge in [0.05, 0.1) is 6.42 Å². The molecule has 0 aliphatic carbocycles. The second-order valence-electron chi connectivity index (χ2n) is 5.14. The second-order valence-corrected chi connectivity index (χ2v) is 5.14. The molecule has 1 atom stereocenters. The lowest BCUT2D eigenvalue weighted by Crippen LogP contribution is -2.21. The maximum atomic E-state index is 12.5. The molecule has 4 heteroatoms. The molecule has 0 aromatic heterocycles. The van der Waals surface area contributed by atoms with Gasteiger partial charge in [0.1, 0.15) is 42.1 Å². The molecular formula is C17H14O4. The minimum absolute atomic E-state index is 0.0496. The second kappa shape index (κ2) is 4.81. The number of carbonyl (C=O) groups excluding carboxylic acids is 1. The predicted molar refractivity (Wildman–Crippen MR) is 76.2 cm³/mol. The first-order valence-electron chi connectivity index (χ1n) is 7.00. The molecule has 2 aromatic carbocycles. The van der Waals surface area contributed by atoms with Gasteiger partial charge in [-0.25, -0.2) is 0 Å². The van der Waals surface area contributed by atoms with Crippen molar-refractivity contribution in [1.82, 2.24) is 0 Å². The van der Waals surface area contributed by atoms with E-state index in [1.54, 1.807) is 12.1 Å². The monoisotopic (exact) mass is 282 g/mol. The van der Waals surface area contributed by atoms with Gasteiger partial charge in [-0.1, -0.05) is 30.3 Å². The SMILES string of the molecule is O=C1CC(c2ccccc2)Oc2cc3cc(c21)OCCO3. The number of carbonyl (C=O) groups is 1. The maximum absolute atomic E-state index is 12.5. The first-order chi connectivity index (χ1) is 10.3. The highest BCUT2D eigenvalue weighted by Gasteiger charge is 2.32. The lowest BCUT2D eigenvalue weighted by atomic mass is 9.95. The van der Waals surface area contributed by atoms with Gasteiger partial charge in [-0.15, -0.1) is 0 Å². The van der Waals surface area contributed by atoms with Crippen LogP contribution in [-0.4, -0.2) is 19.0 Å². The number of hydrogen-bond donors (Lipinski definition) is 0. The highest BCUT2D eigenvalue weighted by molar-refractivity contribution is 6.02. The Kier molecular flexibility index (Phi) is 2.81. The lowest BCUT2D eigenvalue weighted by Gasteiger charge is -2.26. The Morgan fingerprint density at radius 3 is 2.57 bits per heavy atom. The molecule has 2 aliphatic heterocycles. The summed E-state index contributed by atoms with van der Waals surface area (Å²) in [5, 5.41) is 0. The van der Waals surface area contributed by atoms with Gasteiger partial charge in [0.25, 0.3) is 0 Å². The molecule has 4 rings (SSSR count). The van der Waals surface area contributed by atoms with Gasteiger partial charge in [-0.05, 0) is 5.56 Å². The Morgan fingerprint density at radius 2 is 1.71 bits per heavy atom. The van der Waals surface area contributed by atoms with E-state index in [1.165, 1.54) is 0 Å². The first-order valence-corrected chi connectivity index (χ1v) is 7.00. The minimum atomic E-state index is -0.255. The van der Waals surface area contributed by atoms with Crippen molar-refractivity contribution in [3.63, 3.8) is 0 Å². The summed E-state index contributed by atoms with van der Waals surface area (Å²) >= 11 is 0. The van der Waals surface area contributed by atoms with E-state index < -0.39 is 0 Å². The summed E-state index contributed by atoms with van der Waals surface area (Å²) in [5.74, 6) is 1.85. The molecule has 2 aromatic rings. The smallest absolute Gasteiger partial charge is 0.174 e. The molecule has 0 saturated heterocycles. The molecule has 4 nitrogen and oxygen atoms in total. The number of hydrogen-bond acceptors (Lipinski definition) is 4. The normalized spacial score (nSPS) is 19.6. The Bertz CT molecular complexity index is 693. The lowest BCUT2D eigenvalue weighted by molar-refractivity contribution is 0.0844. The summed E-state index contributed by atoms with van der Waals surface area (Å²) in [6, 6.07) is 13.3. The van der Waals surface area contributed by atoms with Crippen LogP contribution < -0.4 is 14.2 Å². The van der Waals surface area contributed by atoms with Crippen LogP contribution in [0.25, 0.3) is 0 Å². The average molecular weight is 282 g/mol. The third kappa shape index (κ3) is 2.13. The molecule has 0 fully saturated rings. The van der Waals surface area contributed by atoms with Crippen molar-refractivity contribution < 1.29 is 19.0 Å². The van der Waals surface area contributed by atoms with Crippen LogP contribution in [0.15, 0.2) is 42.5 Å². The van der Waals surface area contributed by atoms with Crippen molar-refractivity contribution in [1.29, 1.82) is 0 Å².